The maximum absolute atomic E-state index is 13.0. The highest BCUT2D eigenvalue weighted by molar-refractivity contribution is 5.95. The van der Waals surface area contributed by atoms with Gasteiger partial charge in [-0.15, -0.1) is 0 Å². The first-order valence-corrected chi connectivity index (χ1v) is 10.4. The number of benzene rings is 1. The largest absolute Gasteiger partial charge is 0.496 e. The molecule has 1 aliphatic carbocycles. The van der Waals surface area contributed by atoms with Crippen LogP contribution >= 0.6 is 0 Å². The summed E-state index contributed by atoms with van der Waals surface area (Å²) in [5.41, 5.74) is 7.50. The van der Waals surface area contributed by atoms with Gasteiger partial charge in [0, 0.05) is 23.8 Å². The maximum Gasteiger partial charge on any atom is 0.241 e. The Hall–Kier alpha value is -2.38. The zero-order valence-electron chi connectivity index (χ0n) is 17.5. The van der Waals surface area contributed by atoms with Crippen molar-refractivity contribution in [1.29, 1.82) is 0 Å². The molecular weight excluding hydrogens is 368 g/mol. The van der Waals surface area contributed by atoms with Crippen LogP contribution in [-0.4, -0.2) is 36.1 Å². The summed E-state index contributed by atoms with van der Waals surface area (Å²) in [5.74, 6) is 1.62. The molecule has 29 heavy (non-hydrogen) atoms. The average Bonchev–Trinajstić information content (AvgIpc) is 3.23. The Kier molecular flexibility index (Phi) is 7.28. The van der Waals surface area contributed by atoms with Gasteiger partial charge in [-0.25, -0.2) is 4.98 Å². The molecule has 1 aromatic heterocycles. The van der Waals surface area contributed by atoms with Gasteiger partial charge in [0.15, 0.2) is 12.2 Å². The fraction of sp³-hybridized carbons (Fsp3) is 0.545. The summed E-state index contributed by atoms with van der Waals surface area (Å²) in [6.45, 7) is 4.27. The second kappa shape index (κ2) is 9.89. The Balaban J connectivity index is 1.69. The molecule has 0 bridgehead atoms. The summed E-state index contributed by atoms with van der Waals surface area (Å²) in [5, 5.41) is 6.61. The summed E-state index contributed by atoms with van der Waals surface area (Å²) in [7, 11) is 1.59. The zero-order valence-corrected chi connectivity index (χ0v) is 17.5. The smallest absolute Gasteiger partial charge is 0.241 e. The number of nitrogens with zero attached hydrogens (tertiary/aromatic N) is 1. The van der Waals surface area contributed by atoms with Crippen LogP contribution in [0.5, 0.6) is 5.75 Å². The molecule has 0 spiro atoms. The third kappa shape index (κ3) is 5.81. The second-order valence-electron chi connectivity index (χ2n) is 8.23. The number of aromatic nitrogens is 1. The van der Waals surface area contributed by atoms with E-state index in [0.717, 1.165) is 37.7 Å². The summed E-state index contributed by atoms with van der Waals surface area (Å²) < 4.78 is 10.8. The number of anilines is 1. The van der Waals surface area contributed by atoms with Crippen molar-refractivity contribution in [2.45, 2.75) is 64.1 Å². The minimum atomic E-state index is -0.241. The molecule has 0 radical (unpaired) electrons. The van der Waals surface area contributed by atoms with Crippen molar-refractivity contribution in [1.82, 2.24) is 10.3 Å². The van der Waals surface area contributed by atoms with Gasteiger partial charge in [-0.05, 0) is 50.2 Å². The van der Waals surface area contributed by atoms with Crippen molar-refractivity contribution < 1.29 is 13.9 Å². The van der Waals surface area contributed by atoms with E-state index in [0.29, 0.717) is 35.2 Å². The molecule has 1 unspecified atom stereocenters. The molecule has 4 N–H and O–H groups in total. The molecule has 7 heteroatoms. The molecule has 1 fully saturated rings. The number of oxazole rings is 1. The normalized spacial score (nSPS) is 20.4. The van der Waals surface area contributed by atoms with Gasteiger partial charge >= 0.3 is 0 Å². The Morgan fingerprint density at radius 1 is 1.31 bits per heavy atom. The zero-order chi connectivity index (χ0) is 20.8. The van der Waals surface area contributed by atoms with Crippen LogP contribution < -0.4 is 21.1 Å². The number of hydrogen-bond acceptors (Lipinski definition) is 6. The van der Waals surface area contributed by atoms with E-state index in [-0.39, 0.29) is 11.9 Å². The van der Waals surface area contributed by atoms with E-state index in [4.69, 9.17) is 14.9 Å². The van der Waals surface area contributed by atoms with Crippen LogP contribution in [0.15, 0.2) is 35.2 Å². The van der Waals surface area contributed by atoms with E-state index in [1.807, 2.05) is 18.2 Å². The van der Waals surface area contributed by atoms with Crippen LogP contribution in [0.1, 0.15) is 46.0 Å². The quantitative estimate of drug-likeness (QED) is 0.626. The number of carbonyl (C=O) groups excluding carboxylic acids is 1. The standard InChI is InChI=1S/C22H32N4O3/c1-14(2)10-19(25-16-6-4-15(23)5-7-16)22(27)26-17-8-9-18(20(11-17)28-3)21-12-24-13-29-21/h8-9,11-16,19,25H,4-7,10,23H2,1-3H3,(H,26,27). The van der Waals surface area contributed by atoms with Crippen LogP contribution in [0.25, 0.3) is 11.3 Å². The Bertz CT molecular complexity index is 783. The van der Waals surface area contributed by atoms with Gasteiger partial charge in [-0.2, -0.15) is 0 Å². The topological polar surface area (TPSA) is 102 Å². The SMILES string of the molecule is COc1cc(NC(=O)C(CC(C)C)NC2CCC(N)CC2)ccc1-c1cnco1. The van der Waals surface area contributed by atoms with Gasteiger partial charge < -0.3 is 25.5 Å². The number of hydrogen-bond donors (Lipinski definition) is 3. The highest BCUT2D eigenvalue weighted by Crippen LogP contribution is 2.32. The summed E-state index contributed by atoms with van der Waals surface area (Å²) in [6, 6.07) is 5.91. The molecule has 1 saturated carbocycles. The number of rotatable bonds is 8. The predicted molar refractivity (Wildman–Crippen MR) is 114 cm³/mol. The molecule has 158 valence electrons. The van der Waals surface area contributed by atoms with Crippen LogP contribution in [0, 0.1) is 5.92 Å². The third-order valence-electron chi connectivity index (χ3n) is 5.40. The van der Waals surface area contributed by atoms with Crippen molar-refractivity contribution in [3.8, 4) is 17.1 Å². The van der Waals surface area contributed by atoms with E-state index in [1.54, 1.807) is 13.3 Å². The Labute approximate surface area is 172 Å². The van der Waals surface area contributed by atoms with Crippen molar-refractivity contribution >= 4 is 11.6 Å². The van der Waals surface area contributed by atoms with Crippen molar-refractivity contribution in [2.75, 3.05) is 12.4 Å². The Morgan fingerprint density at radius 2 is 2.07 bits per heavy atom. The summed E-state index contributed by atoms with van der Waals surface area (Å²) in [6.07, 6.45) is 7.84. The van der Waals surface area contributed by atoms with E-state index in [2.05, 4.69) is 29.5 Å². The highest BCUT2D eigenvalue weighted by atomic mass is 16.5. The monoisotopic (exact) mass is 400 g/mol. The molecule has 1 heterocycles. The minimum Gasteiger partial charge on any atom is -0.496 e. The van der Waals surface area contributed by atoms with Gasteiger partial charge in [0.25, 0.3) is 0 Å². The molecule has 1 amide bonds. The molecule has 1 aliphatic rings. The van der Waals surface area contributed by atoms with Gasteiger partial charge in [0.2, 0.25) is 5.91 Å². The van der Waals surface area contributed by atoms with Gasteiger partial charge in [0.05, 0.1) is 24.9 Å². The fourth-order valence-electron chi connectivity index (χ4n) is 3.84. The summed E-state index contributed by atoms with van der Waals surface area (Å²) in [4.78, 5) is 17.0. The molecule has 0 aliphatic heterocycles. The average molecular weight is 401 g/mol. The van der Waals surface area contributed by atoms with Crippen molar-refractivity contribution in [3.63, 3.8) is 0 Å². The van der Waals surface area contributed by atoms with E-state index in [1.165, 1.54) is 6.39 Å². The van der Waals surface area contributed by atoms with Gasteiger partial charge in [-0.1, -0.05) is 13.8 Å². The second-order valence-corrected chi connectivity index (χ2v) is 8.23. The number of amides is 1. The maximum atomic E-state index is 13.0. The molecule has 1 atom stereocenters. The van der Waals surface area contributed by atoms with Gasteiger partial charge in [0.1, 0.15) is 5.75 Å². The number of ether oxygens (including phenoxy) is 1. The molecule has 1 aromatic carbocycles. The highest BCUT2D eigenvalue weighted by Gasteiger charge is 2.26. The summed E-state index contributed by atoms with van der Waals surface area (Å²) >= 11 is 0. The van der Waals surface area contributed by atoms with Gasteiger partial charge in [-0.3, -0.25) is 4.79 Å². The first-order valence-electron chi connectivity index (χ1n) is 10.4. The number of nitrogens with one attached hydrogen (secondary N) is 2. The number of carbonyl (C=O) groups is 1. The third-order valence-corrected chi connectivity index (χ3v) is 5.40. The first kappa shape index (κ1) is 21.3. The molecule has 0 saturated heterocycles. The lowest BCUT2D eigenvalue weighted by atomic mass is 9.90. The lowest BCUT2D eigenvalue weighted by Gasteiger charge is -2.31. The number of methoxy groups -OCH3 is 1. The van der Waals surface area contributed by atoms with E-state index < -0.39 is 0 Å². The molecule has 2 aromatic rings. The van der Waals surface area contributed by atoms with Crippen LogP contribution in [0.4, 0.5) is 5.69 Å². The molecular formula is C22H32N4O3. The molecule has 3 rings (SSSR count). The van der Waals surface area contributed by atoms with Crippen molar-refractivity contribution in [3.05, 3.63) is 30.8 Å². The predicted octanol–water partition coefficient (Wildman–Crippen LogP) is 3.56. The Morgan fingerprint density at radius 3 is 2.69 bits per heavy atom. The van der Waals surface area contributed by atoms with E-state index in [9.17, 15) is 4.79 Å². The van der Waals surface area contributed by atoms with Crippen LogP contribution in [-0.2, 0) is 4.79 Å². The number of nitrogens with two attached hydrogens (primary N) is 1. The lowest BCUT2D eigenvalue weighted by Crippen LogP contribution is -2.48. The fourth-order valence-corrected chi connectivity index (χ4v) is 3.84. The minimum absolute atomic E-state index is 0.0250. The van der Waals surface area contributed by atoms with Crippen LogP contribution in [0.2, 0.25) is 0 Å². The van der Waals surface area contributed by atoms with Crippen LogP contribution in [0.3, 0.4) is 0 Å². The van der Waals surface area contributed by atoms with E-state index >= 15 is 0 Å². The lowest BCUT2D eigenvalue weighted by molar-refractivity contribution is -0.118. The molecule has 7 nitrogen and oxygen atoms in total. The first-order chi connectivity index (χ1) is 14.0. The van der Waals surface area contributed by atoms with Crippen molar-refractivity contribution in [2.24, 2.45) is 11.7 Å².